The van der Waals surface area contributed by atoms with Gasteiger partial charge in [-0.05, 0) is 42.4 Å². The topological polar surface area (TPSA) is 84.9 Å². The van der Waals surface area contributed by atoms with Crippen LogP contribution in [0.15, 0.2) is 35.2 Å². The van der Waals surface area contributed by atoms with Crippen LogP contribution in [0.1, 0.15) is 36.8 Å². The first-order valence-corrected chi connectivity index (χ1v) is 12.1. The molecule has 8 nitrogen and oxygen atoms in total. The first-order valence-electron chi connectivity index (χ1n) is 9.42. The molecule has 0 radical (unpaired) electrons. The summed E-state index contributed by atoms with van der Waals surface area (Å²) in [4.78, 5) is 9.01. The van der Waals surface area contributed by atoms with Gasteiger partial charge in [-0.25, -0.2) is 22.9 Å². The predicted octanol–water partition coefficient (Wildman–Crippen LogP) is 3.22. The minimum Gasteiger partial charge on any atom is -0.279 e. The molecule has 11 heteroatoms. The molecule has 5 heterocycles. The number of sulfonamides is 1. The Morgan fingerprint density at radius 2 is 2.10 bits per heavy atom. The molecule has 0 aromatic carbocycles. The highest BCUT2D eigenvalue weighted by Gasteiger charge is 2.35. The molecule has 0 N–H and O–H groups in total. The summed E-state index contributed by atoms with van der Waals surface area (Å²) in [7, 11) is -3.71. The minimum absolute atomic E-state index is 0.0314. The van der Waals surface area contributed by atoms with Crippen molar-refractivity contribution in [2.75, 3.05) is 13.1 Å². The van der Waals surface area contributed by atoms with Crippen LogP contribution in [0.4, 0.5) is 0 Å². The molecule has 1 fully saturated rings. The first kappa shape index (κ1) is 19.0. The Balaban J connectivity index is 1.42. The highest BCUT2D eigenvalue weighted by Crippen LogP contribution is 2.35. The second-order valence-electron chi connectivity index (χ2n) is 7.11. The lowest BCUT2D eigenvalue weighted by atomic mass is 9.87. The van der Waals surface area contributed by atoms with Crippen LogP contribution in [0.2, 0.25) is 5.15 Å². The van der Waals surface area contributed by atoms with Gasteiger partial charge in [-0.2, -0.15) is 9.40 Å². The second kappa shape index (κ2) is 7.05. The Morgan fingerprint density at radius 1 is 1.31 bits per heavy atom. The van der Waals surface area contributed by atoms with Gasteiger partial charge in [0.05, 0.1) is 0 Å². The van der Waals surface area contributed by atoms with Crippen molar-refractivity contribution in [1.29, 1.82) is 0 Å². The fraction of sp³-hybridized carbons (Fsp3) is 0.389. The van der Waals surface area contributed by atoms with Gasteiger partial charge >= 0.3 is 0 Å². The Bertz CT molecular complexity index is 1300. The highest BCUT2D eigenvalue weighted by molar-refractivity contribution is 7.89. The number of hydrogen-bond donors (Lipinski definition) is 0. The average molecular weight is 451 g/mol. The lowest BCUT2D eigenvalue weighted by Crippen LogP contribution is -2.38. The molecule has 0 spiro atoms. The van der Waals surface area contributed by atoms with Crippen molar-refractivity contribution in [3.63, 3.8) is 0 Å². The molecule has 0 saturated carbocycles. The van der Waals surface area contributed by atoms with Crippen molar-refractivity contribution in [2.24, 2.45) is 0 Å². The van der Waals surface area contributed by atoms with Gasteiger partial charge in [0.25, 0.3) is 10.0 Å². The number of rotatable bonds is 4. The number of aryl methyl sites for hydroxylation is 1. The quantitative estimate of drug-likeness (QED) is 0.476. The van der Waals surface area contributed by atoms with E-state index in [-0.39, 0.29) is 16.1 Å². The van der Waals surface area contributed by atoms with Crippen molar-refractivity contribution in [1.82, 2.24) is 28.3 Å². The SMILES string of the molecule is CCc1cc2ncnn2cc1C1CCN(S(=O)(=O)c2c(Cl)nc3sccn23)CC1. The van der Waals surface area contributed by atoms with Gasteiger partial charge in [-0.15, -0.1) is 11.3 Å². The number of hydrogen-bond acceptors (Lipinski definition) is 6. The number of thiazole rings is 1. The summed E-state index contributed by atoms with van der Waals surface area (Å²) < 4.78 is 31.4. The molecule has 4 aromatic heterocycles. The van der Waals surface area contributed by atoms with E-state index in [0.29, 0.717) is 18.1 Å². The summed E-state index contributed by atoms with van der Waals surface area (Å²) in [6.07, 6.45) is 7.68. The van der Waals surface area contributed by atoms with Gasteiger partial charge in [0.1, 0.15) is 6.33 Å². The summed E-state index contributed by atoms with van der Waals surface area (Å²) in [5.74, 6) is 0.284. The molecule has 0 bridgehead atoms. The normalized spacial score (nSPS) is 16.9. The van der Waals surface area contributed by atoms with Crippen LogP contribution < -0.4 is 0 Å². The Morgan fingerprint density at radius 3 is 2.86 bits per heavy atom. The van der Waals surface area contributed by atoms with Crippen molar-refractivity contribution >= 4 is 43.6 Å². The van der Waals surface area contributed by atoms with Crippen LogP contribution in [-0.2, 0) is 16.4 Å². The maximum absolute atomic E-state index is 13.3. The van der Waals surface area contributed by atoms with Gasteiger partial charge in [-0.1, -0.05) is 18.5 Å². The Labute approximate surface area is 176 Å². The summed E-state index contributed by atoms with van der Waals surface area (Å²) >= 11 is 7.53. The molecule has 152 valence electrons. The first-order chi connectivity index (χ1) is 14.0. The monoisotopic (exact) mass is 450 g/mol. The van der Waals surface area contributed by atoms with Crippen LogP contribution in [-0.4, -0.2) is 49.8 Å². The number of imidazole rings is 1. The van der Waals surface area contributed by atoms with Crippen LogP contribution in [0, 0.1) is 0 Å². The smallest absolute Gasteiger partial charge is 0.262 e. The number of nitrogens with zero attached hydrogens (tertiary/aromatic N) is 6. The summed E-state index contributed by atoms with van der Waals surface area (Å²) in [5, 5.41) is 6.14. The van der Waals surface area contributed by atoms with E-state index < -0.39 is 10.0 Å². The van der Waals surface area contributed by atoms with E-state index in [1.54, 1.807) is 26.8 Å². The molecule has 1 saturated heterocycles. The molecule has 29 heavy (non-hydrogen) atoms. The number of piperidine rings is 1. The molecular formula is C18H19ClN6O2S2. The molecule has 4 aromatic rings. The van der Waals surface area contributed by atoms with Crippen molar-refractivity contribution in [3.8, 4) is 0 Å². The third kappa shape index (κ3) is 3.05. The minimum atomic E-state index is -3.71. The van der Waals surface area contributed by atoms with Crippen LogP contribution in [0.5, 0.6) is 0 Å². The summed E-state index contributed by atoms with van der Waals surface area (Å²) in [6.45, 7) is 3.01. The number of fused-ring (bicyclic) bond motifs is 2. The largest absolute Gasteiger partial charge is 0.279 e. The average Bonchev–Trinajstić information content (AvgIpc) is 3.42. The van der Waals surface area contributed by atoms with Crippen molar-refractivity contribution in [2.45, 2.75) is 37.1 Å². The van der Waals surface area contributed by atoms with E-state index in [1.807, 2.05) is 6.20 Å². The van der Waals surface area contributed by atoms with Crippen molar-refractivity contribution < 1.29 is 8.42 Å². The maximum atomic E-state index is 13.3. The van der Waals surface area contributed by atoms with E-state index >= 15 is 0 Å². The molecule has 0 unspecified atom stereocenters. The third-order valence-corrected chi connectivity index (χ3v) is 8.63. The molecule has 0 atom stereocenters. The lowest BCUT2D eigenvalue weighted by Gasteiger charge is -2.32. The Kier molecular flexibility index (Phi) is 4.61. The molecule has 5 rings (SSSR count). The molecule has 1 aliphatic heterocycles. The van der Waals surface area contributed by atoms with E-state index in [1.165, 1.54) is 26.8 Å². The maximum Gasteiger partial charge on any atom is 0.262 e. The van der Waals surface area contributed by atoms with Crippen LogP contribution in [0.3, 0.4) is 0 Å². The fourth-order valence-corrected chi connectivity index (χ4v) is 6.96. The van der Waals surface area contributed by atoms with Gasteiger partial charge in [0.2, 0.25) is 0 Å². The highest BCUT2D eigenvalue weighted by atomic mass is 35.5. The zero-order valence-electron chi connectivity index (χ0n) is 15.7. The molecular weight excluding hydrogens is 432 g/mol. The lowest BCUT2D eigenvalue weighted by molar-refractivity contribution is 0.317. The standard InChI is InChI=1S/C18H19ClN6O2S2/c1-2-12-9-15-20-11-21-25(15)10-14(12)13-3-5-23(6-4-13)29(26,27)17-16(19)22-18-24(17)7-8-28-18/h7-11,13H,2-6H2,1H3. The molecule has 0 amide bonds. The van der Waals surface area contributed by atoms with E-state index in [4.69, 9.17) is 11.6 Å². The summed E-state index contributed by atoms with van der Waals surface area (Å²) in [5.41, 5.74) is 3.30. The second-order valence-corrected chi connectivity index (χ2v) is 10.2. The Hall–Kier alpha value is -2.01. The molecule has 0 aliphatic carbocycles. The van der Waals surface area contributed by atoms with E-state index in [9.17, 15) is 8.42 Å². The number of aromatic nitrogens is 5. The van der Waals surface area contributed by atoms with Crippen molar-refractivity contribution in [3.05, 3.63) is 46.4 Å². The van der Waals surface area contributed by atoms with Gasteiger partial charge in [-0.3, -0.25) is 4.40 Å². The predicted molar refractivity (Wildman–Crippen MR) is 111 cm³/mol. The third-order valence-electron chi connectivity index (χ3n) is 5.57. The van der Waals surface area contributed by atoms with Crippen LogP contribution in [0.25, 0.3) is 10.6 Å². The van der Waals surface area contributed by atoms with E-state index in [2.05, 4.69) is 28.1 Å². The van der Waals surface area contributed by atoms with Gasteiger partial charge < -0.3 is 0 Å². The van der Waals surface area contributed by atoms with Gasteiger partial charge in [0, 0.05) is 30.9 Å². The van der Waals surface area contributed by atoms with Gasteiger partial charge in [0.15, 0.2) is 20.8 Å². The number of pyridine rings is 1. The fourth-order valence-electron chi connectivity index (χ4n) is 4.09. The van der Waals surface area contributed by atoms with Crippen LogP contribution >= 0.6 is 22.9 Å². The zero-order chi connectivity index (χ0) is 20.2. The zero-order valence-corrected chi connectivity index (χ0v) is 18.1. The number of halogens is 1. The molecule has 1 aliphatic rings. The summed E-state index contributed by atoms with van der Waals surface area (Å²) in [6, 6.07) is 2.07. The van der Waals surface area contributed by atoms with E-state index in [0.717, 1.165) is 24.9 Å².